The maximum atomic E-state index is 14.5. The monoisotopic (exact) mass is 1180 g/mol. The number of piperidine rings is 2. The molecule has 3 fully saturated rings. The zero-order valence-electron chi connectivity index (χ0n) is 46.4. The third-order valence-corrected chi connectivity index (χ3v) is 16.0. The van der Waals surface area contributed by atoms with Crippen LogP contribution < -0.4 is 42.0 Å². The molecule has 3 aliphatic rings. The van der Waals surface area contributed by atoms with Gasteiger partial charge in [-0.15, -0.1) is 0 Å². The molecule has 13 atom stereocenters. The molecule has 0 amide bonds. The number of carbonyl (C=O) groups is 4. The predicted octanol–water partition coefficient (Wildman–Crippen LogP) is -0.695. The van der Waals surface area contributed by atoms with Crippen LogP contribution in [0.5, 0.6) is 11.5 Å². The maximum absolute atomic E-state index is 14.5. The van der Waals surface area contributed by atoms with Crippen LogP contribution in [0.2, 0.25) is 0 Å². The van der Waals surface area contributed by atoms with E-state index < -0.39 is 122 Å². The van der Waals surface area contributed by atoms with Crippen LogP contribution in [-0.2, 0) is 28.7 Å². The Bertz CT molecular complexity index is 3440. The molecule has 85 heavy (non-hydrogen) atoms. The van der Waals surface area contributed by atoms with E-state index in [2.05, 4.69) is 31.2 Å². The normalized spacial score (nSPS) is 26.1. The fourth-order valence-corrected chi connectivity index (χ4v) is 11.8. The van der Waals surface area contributed by atoms with Crippen LogP contribution in [0, 0.1) is 19.8 Å². The van der Waals surface area contributed by atoms with Gasteiger partial charge in [-0.25, -0.2) is 14.6 Å². The second-order valence-electron chi connectivity index (χ2n) is 21.8. The van der Waals surface area contributed by atoms with E-state index in [1.807, 2.05) is 32.0 Å². The molecule has 0 unspecified atom stereocenters. The molecule has 3 saturated heterocycles. The zero-order valence-corrected chi connectivity index (χ0v) is 46.4. The first kappa shape index (κ1) is 61.8. The Kier molecular flexibility index (Phi) is 18.8. The minimum Gasteiger partial charge on any atom is -0.508 e. The number of carboxylic acid groups (broad SMARTS) is 1. The number of carboxylic acids is 1. The molecule has 27 heteroatoms. The molecule has 6 heterocycles. The zero-order chi connectivity index (χ0) is 61.0. The summed E-state index contributed by atoms with van der Waals surface area (Å²) in [5, 5.41) is 116. The Morgan fingerprint density at radius 1 is 1.02 bits per heavy atom. The van der Waals surface area contributed by atoms with Gasteiger partial charge in [0.25, 0.3) is 0 Å². The molecular weight excluding hydrogens is 1110 g/mol. The Balaban J connectivity index is 1.23. The number of benzene rings is 3. The van der Waals surface area contributed by atoms with E-state index in [1.54, 1.807) is 12.3 Å². The molecule has 6 aromatic rings. The van der Waals surface area contributed by atoms with Gasteiger partial charge in [-0.1, -0.05) is 29.3 Å². The van der Waals surface area contributed by atoms with E-state index in [0.29, 0.717) is 59.7 Å². The molecule has 3 aliphatic heterocycles. The fraction of sp³-hybridized carbons (Fsp3) is 0.448. The first-order chi connectivity index (χ1) is 40.7. The van der Waals surface area contributed by atoms with Crippen molar-refractivity contribution in [1.82, 2.24) is 31.0 Å². The molecular formula is C58H70N8O19. The van der Waals surface area contributed by atoms with Gasteiger partial charge in [-0.05, 0) is 93.5 Å². The minimum absolute atomic E-state index is 0.0318. The number of aromatic nitrogens is 2. The van der Waals surface area contributed by atoms with Gasteiger partial charge in [-0.2, -0.15) is 4.73 Å². The number of aliphatic hydroxyl groups excluding tert-OH is 5. The van der Waals surface area contributed by atoms with Crippen LogP contribution >= 0.6 is 0 Å². The first-order valence-electron chi connectivity index (χ1n) is 27.6. The Morgan fingerprint density at radius 3 is 2.46 bits per heavy atom. The van der Waals surface area contributed by atoms with Crippen LogP contribution in [0.3, 0.4) is 0 Å². The Hall–Kier alpha value is -7.80. The number of nitrogens with one attached hydrogen (secondary N) is 5. The van der Waals surface area contributed by atoms with E-state index in [9.17, 15) is 69.9 Å². The van der Waals surface area contributed by atoms with E-state index in [-0.39, 0.29) is 59.3 Å². The van der Waals surface area contributed by atoms with Crippen molar-refractivity contribution in [2.24, 2.45) is 16.6 Å². The van der Waals surface area contributed by atoms with Crippen molar-refractivity contribution in [3.05, 3.63) is 107 Å². The molecule has 27 nitrogen and oxygen atoms in total. The number of carbonyl (C=O) groups excluding carboxylic acids is 3. The standard InChI is InChI=1S/C58H70N8O19/c1-30-19-31(2)21-35(20-30)48-46-34(14-16-61-46)25-66(48)85-50-53(82-37-11-12-38-43(22-37)81-27-39(49(38)75)32-6-9-36(72)10-7-32)83-54(56(79,28-70)58(50,80)44(73)5-3-17-67)57(29-71,84-52(78)47(51(76)77)60-15-4-18-68)65-55(59)64-42(26-69)40-13-8-33-24-62-45(74)23-41(33)63-40/h6-7,9-12,14,16,18-22,25-27,33,40-42,44-45,47,50,53-54,60-63,67,70-74,79-80H,3-5,8,13,15,17,23-24,28-29H2,1-2H3,(H,76,77)(H3,59,64,65)/t33-,40-,41+,42+,44-,45+,47-,50-,53+,54-,56+,57-,58+/m1/s1. The summed E-state index contributed by atoms with van der Waals surface area (Å²) in [6, 6.07) is 12.3. The lowest BCUT2D eigenvalue weighted by Crippen LogP contribution is -2.86. The van der Waals surface area contributed by atoms with Gasteiger partial charge in [0, 0.05) is 67.8 Å². The number of aldehydes is 2. The van der Waals surface area contributed by atoms with E-state index in [1.165, 1.54) is 59.7 Å². The van der Waals surface area contributed by atoms with Gasteiger partial charge in [0.05, 0.1) is 35.4 Å². The van der Waals surface area contributed by atoms with Gasteiger partial charge < -0.3 is 100 Å². The van der Waals surface area contributed by atoms with E-state index in [4.69, 9.17) is 29.2 Å². The summed E-state index contributed by atoms with van der Waals surface area (Å²) >= 11 is 0. The average molecular weight is 1180 g/mol. The lowest BCUT2D eigenvalue weighted by Gasteiger charge is -2.59. The number of hydrogen-bond acceptors (Lipinski definition) is 22. The number of aliphatic carboxylic acids is 1. The van der Waals surface area contributed by atoms with Gasteiger partial charge in [0.2, 0.25) is 24.2 Å². The number of aliphatic hydroxyl groups is 7. The number of aliphatic imine (C=N–C) groups is 1. The summed E-state index contributed by atoms with van der Waals surface area (Å²) in [6.07, 6.45) is -5.24. The lowest BCUT2D eigenvalue weighted by atomic mass is 9.66. The summed E-state index contributed by atoms with van der Waals surface area (Å²) < 4.78 is 26.3. The predicted molar refractivity (Wildman–Crippen MR) is 302 cm³/mol. The highest BCUT2D eigenvalue weighted by atomic mass is 16.8. The largest absolute Gasteiger partial charge is 0.508 e. The minimum atomic E-state index is -3.54. The molecule has 3 aromatic heterocycles. The first-order valence-corrected chi connectivity index (χ1v) is 27.6. The van der Waals surface area contributed by atoms with Crippen molar-refractivity contribution in [2.45, 2.75) is 124 Å². The molecule has 0 spiro atoms. The van der Waals surface area contributed by atoms with Crippen LogP contribution in [0.4, 0.5) is 0 Å². The van der Waals surface area contributed by atoms with Crippen LogP contribution in [0.15, 0.2) is 99.6 Å². The topological polar surface area (TPSA) is 425 Å². The molecule has 0 aliphatic carbocycles. The van der Waals surface area contributed by atoms with Crippen molar-refractivity contribution in [1.29, 1.82) is 0 Å². The van der Waals surface area contributed by atoms with Crippen LogP contribution in [-0.4, -0.2) is 191 Å². The molecule has 3 aromatic carbocycles. The highest BCUT2D eigenvalue weighted by molar-refractivity contribution is 5.98. The number of ether oxygens (including phenoxy) is 3. The smallest absolute Gasteiger partial charge is 0.337 e. The molecule has 0 bridgehead atoms. The number of phenols is 1. The number of aromatic amines is 1. The number of aromatic hydroxyl groups is 1. The van der Waals surface area contributed by atoms with Crippen molar-refractivity contribution >= 4 is 52.3 Å². The molecule has 0 radical (unpaired) electrons. The van der Waals surface area contributed by atoms with Crippen molar-refractivity contribution in [3.63, 3.8) is 0 Å². The SMILES string of the molecule is Cc1cc(C)cc(-c2c3[nH]ccc3cn2O[C@@H]2[C@@H](Oc3ccc4c(=O)c(-c5ccc(O)cc5)coc4c3)O[C@@H]([C@](CO)(NC(N)=N[C@@H](C=O)[C@H]3CC[C@@H]4CN[C@@H](O)C[C@@H]4N3)OC(=O)[C@H](NCCC=O)C(=O)O)[C@@](O)(CO)[C@]2(O)[C@H](O)CCCO)c1. The fourth-order valence-electron chi connectivity index (χ4n) is 11.8. The summed E-state index contributed by atoms with van der Waals surface area (Å²) in [5.41, 5.74) is -0.652. The molecule has 456 valence electrons. The lowest BCUT2D eigenvalue weighted by molar-refractivity contribution is -0.400. The Morgan fingerprint density at radius 2 is 1.78 bits per heavy atom. The third kappa shape index (κ3) is 12.4. The van der Waals surface area contributed by atoms with Crippen LogP contribution in [0.25, 0.3) is 44.3 Å². The number of aryl methyl sites for hydroxylation is 2. The van der Waals surface area contributed by atoms with Crippen molar-refractivity contribution < 1.29 is 88.6 Å². The molecule has 0 saturated carbocycles. The number of phenolic OH excluding ortho intramolecular Hbond substituents is 1. The highest BCUT2D eigenvalue weighted by Crippen LogP contribution is 2.47. The molecule has 9 rings (SSSR count). The van der Waals surface area contributed by atoms with Gasteiger partial charge >= 0.3 is 11.9 Å². The number of fused-ring (bicyclic) bond motifs is 3. The summed E-state index contributed by atoms with van der Waals surface area (Å²) in [5.74, 6) is -4.67. The van der Waals surface area contributed by atoms with Gasteiger partial charge in [-0.3, -0.25) is 15.4 Å². The molecule has 16 N–H and O–H groups in total. The van der Waals surface area contributed by atoms with E-state index in [0.717, 1.165) is 11.1 Å². The number of nitrogens with two attached hydrogens (primary N) is 1. The number of H-pyrrole nitrogens is 1. The second-order valence-corrected chi connectivity index (χ2v) is 21.8. The highest BCUT2D eigenvalue weighted by Gasteiger charge is 2.75. The summed E-state index contributed by atoms with van der Waals surface area (Å²) in [6.45, 7) is -0.118. The van der Waals surface area contributed by atoms with Gasteiger partial charge in [0.1, 0.15) is 60.5 Å². The quantitative estimate of drug-likeness (QED) is 0.00678. The number of esters is 1. The van der Waals surface area contributed by atoms with Crippen LogP contribution in [0.1, 0.15) is 49.7 Å². The summed E-state index contributed by atoms with van der Waals surface area (Å²) in [7, 11) is 0. The maximum Gasteiger partial charge on any atom is 0.337 e. The van der Waals surface area contributed by atoms with Gasteiger partial charge in [0.15, 0.2) is 28.7 Å². The third-order valence-electron chi connectivity index (χ3n) is 16.0. The Labute approximate surface area is 484 Å². The van der Waals surface area contributed by atoms with E-state index >= 15 is 0 Å². The van der Waals surface area contributed by atoms with Crippen molar-refractivity contribution in [2.75, 3.05) is 32.9 Å². The number of guanidine groups is 1. The summed E-state index contributed by atoms with van der Waals surface area (Å²) in [4.78, 5) is 80.0. The second kappa shape index (κ2) is 25.8. The number of nitrogens with zero attached hydrogens (tertiary/aromatic N) is 2. The van der Waals surface area contributed by atoms with Crippen molar-refractivity contribution in [3.8, 4) is 33.9 Å². The number of rotatable bonds is 24. The average Bonchev–Trinajstić information content (AvgIpc) is 0.766. The number of hydrogen-bond donors (Lipinski definition) is 15.